The van der Waals surface area contributed by atoms with E-state index >= 15 is 0 Å². The average Bonchev–Trinajstić information content (AvgIpc) is 3.06. The predicted molar refractivity (Wildman–Crippen MR) is 92.7 cm³/mol. The maximum Gasteiger partial charge on any atom is 0.256 e. The predicted octanol–water partition coefficient (Wildman–Crippen LogP) is -0.305. The Labute approximate surface area is 152 Å². The molecule has 2 saturated heterocycles. The van der Waals surface area contributed by atoms with E-state index in [2.05, 4.69) is 5.43 Å². The van der Waals surface area contributed by atoms with Crippen LogP contribution in [0.3, 0.4) is 0 Å². The lowest BCUT2D eigenvalue weighted by molar-refractivity contribution is 0.229. The van der Waals surface area contributed by atoms with Gasteiger partial charge in [-0.3, -0.25) is 0 Å². The number of benzene rings is 1. The molecule has 12 heteroatoms. The van der Waals surface area contributed by atoms with E-state index in [0.29, 0.717) is 0 Å². The van der Waals surface area contributed by atoms with Gasteiger partial charge in [0.1, 0.15) is 5.82 Å². The highest BCUT2D eigenvalue weighted by atomic mass is 32.2. The zero-order valence-corrected chi connectivity index (χ0v) is 16.2. The summed E-state index contributed by atoms with van der Waals surface area (Å²) in [6.45, 7) is 0. The molecule has 0 radical (unpaired) electrons. The summed E-state index contributed by atoms with van der Waals surface area (Å²) in [7, 11) is -10.8. The average molecular weight is 427 g/mol. The number of rotatable bonds is 5. The number of halogens is 1. The molecule has 0 bridgehead atoms. The molecule has 1 N–H and O–H groups in total. The van der Waals surface area contributed by atoms with E-state index in [1.807, 2.05) is 0 Å². The van der Waals surface area contributed by atoms with Gasteiger partial charge in [0, 0.05) is 6.04 Å². The SMILES string of the molecule is O=S1(=O)CC[C@@H](NN([C@@H]2CCS(=O)(=O)C2)S(=O)(=O)c2ccc(F)cc2)C1. The highest BCUT2D eigenvalue weighted by molar-refractivity contribution is 7.92. The van der Waals surface area contributed by atoms with Crippen LogP contribution in [0.25, 0.3) is 0 Å². The molecular formula is C14H19FN2O6S3. The number of nitrogens with one attached hydrogen (secondary N) is 1. The number of hydrogen-bond acceptors (Lipinski definition) is 7. The lowest BCUT2D eigenvalue weighted by Gasteiger charge is -2.30. The van der Waals surface area contributed by atoms with Crippen molar-refractivity contribution in [3.05, 3.63) is 30.1 Å². The fourth-order valence-electron chi connectivity index (χ4n) is 3.13. The van der Waals surface area contributed by atoms with Crippen molar-refractivity contribution in [2.45, 2.75) is 29.8 Å². The van der Waals surface area contributed by atoms with Gasteiger partial charge in [0.2, 0.25) is 0 Å². The summed E-state index contributed by atoms with van der Waals surface area (Å²) in [6.07, 6.45) is 0.340. The zero-order valence-electron chi connectivity index (χ0n) is 13.7. The largest absolute Gasteiger partial charge is 0.256 e. The van der Waals surface area contributed by atoms with Crippen LogP contribution in [-0.4, -0.2) is 64.8 Å². The Morgan fingerprint density at radius 3 is 2.04 bits per heavy atom. The smallest absolute Gasteiger partial charge is 0.237 e. The summed E-state index contributed by atoms with van der Waals surface area (Å²) < 4.78 is 86.9. The van der Waals surface area contributed by atoms with Crippen molar-refractivity contribution in [3.8, 4) is 0 Å². The van der Waals surface area contributed by atoms with Gasteiger partial charge in [-0.1, -0.05) is 0 Å². The number of hydrazine groups is 1. The fourth-order valence-corrected chi connectivity index (χ4v) is 8.15. The van der Waals surface area contributed by atoms with Gasteiger partial charge in [-0.15, -0.1) is 4.41 Å². The highest BCUT2D eigenvalue weighted by Crippen LogP contribution is 2.25. The summed E-state index contributed by atoms with van der Waals surface area (Å²) in [5, 5.41) is 0. The second kappa shape index (κ2) is 6.82. The molecule has 3 rings (SSSR count). The summed E-state index contributed by atoms with van der Waals surface area (Å²) in [5.41, 5.74) is 2.71. The molecule has 1 aromatic carbocycles. The van der Waals surface area contributed by atoms with E-state index in [4.69, 9.17) is 0 Å². The molecule has 2 aliphatic rings. The van der Waals surface area contributed by atoms with Gasteiger partial charge in [0.25, 0.3) is 10.0 Å². The van der Waals surface area contributed by atoms with Crippen molar-refractivity contribution < 1.29 is 29.6 Å². The molecule has 2 heterocycles. The number of sulfonamides is 1. The Morgan fingerprint density at radius 2 is 1.54 bits per heavy atom. The van der Waals surface area contributed by atoms with E-state index in [1.165, 1.54) is 0 Å². The van der Waals surface area contributed by atoms with Crippen LogP contribution >= 0.6 is 0 Å². The van der Waals surface area contributed by atoms with Crippen molar-refractivity contribution in [3.63, 3.8) is 0 Å². The highest BCUT2D eigenvalue weighted by Gasteiger charge is 2.41. The molecule has 2 aliphatic heterocycles. The third kappa shape index (κ3) is 4.25. The molecule has 2 atom stereocenters. The third-order valence-electron chi connectivity index (χ3n) is 4.45. The van der Waals surface area contributed by atoms with Gasteiger partial charge in [0.15, 0.2) is 19.7 Å². The van der Waals surface area contributed by atoms with Gasteiger partial charge >= 0.3 is 0 Å². The van der Waals surface area contributed by atoms with E-state index in [1.54, 1.807) is 0 Å². The van der Waals surface area contributed by atoms with Gasteiger partial charge in [-0.05, 0) is 37.1 Å². The zero-order chi connectivity index (χ0) is 19.2. The lowest BCUT2D eigenvalue weighted by atomic mass is 10.2. The molecule has 0 amide bonds. The third-order valence-corrected chi connectivity index (χ3v) is 9.76. The number of sulfone groups is 2. The molecule has 0 saturated carbocycles. The topological polar surface area (TPSA) is 118 Å². The second-order valence-electron chi connectivity index (χ2n) is 6.54. The first-order valence-corrected chi connectivity index (χ1v) is 13.0. The van der Waals surface area contributed by atoms with Crippen LogP contribution in [0, 0.1) is 5.82 Å². The van der Waals surface area contributed by atoms with Crippen LogP contribution in [0.1, 0.15) is 12.8 Å². The first kappa shape index (κ1) is 19.7. The Bertz CT molecular complexity index is 990. The Balaban J connectivity index is 1.93. The molecule has 0 unspecified atom stereocenters. The van der Waals surface area contributed by atoms with Gasteiger partial charge in [-0.25, -0.2) is 35.1 Å². The summed E-state index contributed by atoms with van der Waals surface area (Å²) in [5.74, 6) is -1.37. The number of hydrogen-bond donors (Lipinski definition) is 1. The maximum absolute atomic E-state index is 13.1. The minimum Gasteiger partial charge on any atom is -0.237 e. The Hall–Kier alpha value is -1.08. The molecule has 26 heavy (non-hydrogen) atoms. The molecular weight excluding hydrogens is 407 g/mol. The van der Waals surface area contributed by atoms with E-state index < -0.39 is 47.6 Å². The molecule has 0 spiro atoms. The van der Waals surface area contributed by atoms with Crippen molar-refractivity contribution in [1.29, 1.82) is 0 Å². The lowest BCUT2D eigenvalue weighted by Crippen LogP contribution is -2.54. The monoisotopic (exact) mass is 426 g/mol. The molecule has 0 aromatic heterocycles. The first-order chi connectivity index (χ1) is 12.0. The fraction of sp³-hybridized carbons (Fsp3) is 0.571. The van der Waals surface area contributed by atoms with Crippen LogP contribution < -0.4 is 5.43 Å². The molecule has 0 aliphatic carbocycles. The molecule has 146 valence electrons. The standard InChI is InChI=1S/C14H19FN2O6S3/c15-11-1-3-14(4-2-11)26(22,23)17(13-6-8-25(20,21)10-13)16-12-5-7-24(18,19)9-12/h1-4,12-13,16H,5-10H2/t12-,13-/m1/s1. The molecule has 2 fully saturated rings. The van der Waals surface area contributed by atoms with Gasteiger partial charge in [-0.2, -0.15) is 0 Å². The van der Waals surface area contributed by atoms with E-state index in [-0.39, 0.29) is 40.7 Å². The Kier molecular flexibility index (Phi) is 5.16. The summed E-state index contributed by atoms with van der Waals surface area (Å²) in [4.78, 5) is -0.198. The minimum absolute atomic E-state index is 0.0575. The quantitative estimate of drug-likeness (QED) is 0.642. The van der Waals surface area contributed by atoms with Gasteiger partial charge in [0.05, 0.1) is 33.9 Å². The van der Waals surface area contributed by atoms with E-state index in [0.717, 1.165) is 28.7 Å². The van der Waals surface area contributed by atoms with Crippen molar-refractivity contribution in [1.82, 2.24) is 9.84 Å². The van der Waals surface area contributed by atoms with Crippen LogP contribution in [-0.2, 0) is 29.7 Å². The van der Waals surface area contributed by atoms with Crippen LogP contribution in [0.2, 0.25) is 0 Å². The van der Waals surface area contributed by atoms with Crippen LogP contribution in [0.5, 0.6) is 0 Å². The summed E-state index contributed by atoms with van der Waals surface area (Å²) >= 11 is 0. The van der Waals surface area contributed by atoms with Crippen LogP contribution in [0.15, 0.2) is 29.2 Å². The second-order valence-corrected chi connectivity index (χ2v) is 12.8. The van der Waals surface area contributed by atoms with Crippen molar-refractivity contribution in [2.24, 2.45) is 0 Å². The summed E-state index contributed by atoms with van der Waals surface area (Å²) in [6, 6.07) is 2.70. The molecule has 8 nitrogen and oxygen atoms in total. The van der Waals surface area contributed by atoms with Crippen LogP contribution in [0.4, 0.5) is 4.39 Å². The maximum atomic E-state index is 13.1. The minimum atomic E-state index is -4.18. The first-order valence-electron chi connectivity index (χ1n) is 7.96. The van der Waals surface area contributed by atoms with Crippen molar-refractivity contribution in [2.75, 3.05) is 23.0 Å². The van der Waals surface area contributed by atoms with E-state index in [9.17, 15) is 29.6 Å². The molecule has 1 aromatic rings. The Morgan fingerprint density at radius 1 is 0.962 bits per heavy atom. The normalized spacial score (nSPS) is 27.8. The van der Waals surface area contributed by atoms with Crippen molar-refractivity contribution >= 4 is 29.7 Å². The van der Waals surface area contributed by atoms with Gasteiger partial charge < -0.3 is 0 Å². The number of nitrogens with zero attached hydrogens (tertiary/aromatic N) is 1.